The molecule has 0 N–H and O–H groups in total. The van der Waals surface area contributed by atoms with E-state index in [1.54, 1.807) is 11.3 Å². The van der Waals surface area contributed by atoms with Gasteiger partial charge in [0.1, 0.15) is 10.6 Å². The molecule has 6 heteroatoms. The number of hydrogen-bond acceptors (Lipinski definition) is 4. The summed E-state index contributed by atoms with van der Waals surface area (Å²) in [5, 5.41) is 2.10. The van der Waals surface area contributed by atoms with Crippen LogP contribution in [0, 0.1) is 6.92 Å². The summed E-state index contributed by atoms with van der Waals surface area (Å²) in [6.45, 7) is 8.08. The second kappa shape index (κ2) is 6.63. The van der Waals surface area contributed by atoms with E-state index in [-0.39, 0.29) is 0 Å². The Kier molecular flexibility index (Phi) is 4.76. The first-order valence-corrected chi connectivity index (χ1v) is 9.09. The number of benzene rings is 1. The van der Waals surface area contributed by atoms with Crippen LogP contribution in [0.3, 0.4) is 0 Å². The SMILES string of the molecule is CCN(CC)c1nc(Cl)nc2sc(C)c(-c3ccc(Cl)cc3)c12. The number of anilines is 1. The first kappa shape index (κ1) is 16.5. The molecule has 0 spiro atoms. The van der Waals surface area contributed by atoms with Crippen LogP contribution < -0.4 is 4.90 Å². The topological polar surface area (TPSA) is 29.0 Å². The molecule has 0 unspecified atom stereocenters. The van der Waals surface area contributed by atoms with E-state index >= 15 is 0 Å². The van der Waals surface area contributed by atoms with E-state index < -0.39 is 0 Å². The third-order valence-corrected chi connectivity index (χ3v) is 5.30. The van der Waals surface area contributed by atoms with Crippen molar-refractivity contribution in [1.29, 1.82) is 0 Å². The smallest absolute Gasteiger partial charge is 0.225 e. The van der Waals surface area contributed by atoms with Crippen molar-refractivity contribution >= 4 is 50.6 Å². The predicted octanol–water partition coefficient (Wildman–Crippen LogP) is 5.82. The second-order valence-electron chi connectivity index (χ2n) is 5.21. The number of aromatic nitrogens is 2. The van der Waals surface area contributed by atoms with Crippen molar-refractivity contribution in [1.82, 2.24) is 9.97 Å². The maximum atomic E-state index is 6.15. The lowest BCUT2D eigenvalue weighted by Crippen LogP contribution is -2.23. The van der Waals surface area contributed by atoms with Crippen LogP contribution in [0.5, 0.6) is 0 Å². The van der Waals surface area contributed by atoms with Crippen molar-refractivity contribution in [3.8, 4) is 11.1 Å². The fraction of sp³-hybridized carbons (Fsp3) is 0.294. The molecule has 3 nitrogen and oxygen atoms in total. The highest BCUT2D eigenvalue weighted by molar-refractivity contribution is 7.19. The van der Waals surface area contributed by atoms with Crippen molar-refractivity contribution < 1.29 is 0 Å². The van der Waals surface area contributed by atoms with Crippen LogP contribution in [0.2, 0.25) is 10.3 Å². The third-order valence-electron chi connectivity index (χ3n) is 3.88. The largest absolute Gasteiger partial charge is 0.356 e. The molecule has 0 aliphatic heterocycles. The van der Waals surface area contributed by atoms with Crippen molar-refractivity contribution in [3.05, 3.63) is 39.4 Å². The van der Waals surface area contributed by atoms with E-state index in [4.69, 9.17) is 23.2 Å². The molecule has 3 aromatic rings. The van der Waals surface area contributed by atoms with Gasteiger partial charge < -0.3 is 4.90 Å². The highest BCUT2D eigenvalue weighted by Crippen LogP contribution is 2.42. The van der Waals surface area contributed by atoms with Crippen LogP contribution in [0.1, 0.15) is 18.7 Å². The first-order chi connectivity index (χ1) is 11.0. The Morgan fingerprint density at radius 3 is 2.30 bits per heavy atom. The van der Waals surface area contributed by atoms with Crippen molar-refractivity contribution in [2.24, 2.45) is 0 Å². The van der Waals surface area contributed by atoms with Gasteiger partial charge in [0.25, 0.3) is 0 Å². The zero-order valence-corrected chi connectivity index (χ0v) is 15.6. The summed E-state index contributed by atoms with van der Waals surface area (Å²) in [5.41, 5.74) is 2.29. The standard InChI is InChI=1S/C17H17Cl2N3S/c1-4-22(5-2)15-14-13(11-6-8-12(18)9-7-11)10(3)23-16(14)21-17(19)20-15/h6-9H,4-5H2,1-3H3. The molecule has 2 heterocycles. The molecular weight excluding hydrogens is 349 g/mol. The van der Waals surface area contributed by atoms with Crippen LogP contribution >= 0.6 is 34.5 Å². The van der Waals surface area contributed by atoms with Crippen molar-refractivity contribution in [2.45, 2.75) is 20.8 Å². The minimum absolute atomic E-state index is 0.295. The summed E-state index contributed by atoms with van der Waals surface area (Å²) in [4.78, 5) is 13.3. The average molecular weight is 366 g/mol. The zero-order chi connectivity index (χ0) is 16.6. The van der Waals surface area contributed by atoms with Crippen LogP contribution in [0.15, 0.2) is 24.3 Å². The third kappa shape index (κ3) is 3.03. The van der Waals surface area contributed by atoms with E-state index in [0.717, 1.165) is 39.7 Å². The summed E-state index contributed by atoms with van der Waals surface area (Å²) < 4.78 is 0. The lowest BCUT2D eigenvalue weighted by molar-refractivity contribution is 0.849. The van der Waals surface area contributed by atoms with Crippen LogP contribution in [0.4, 0.5) is 5.82 Å². The minimum Gasteiger partial charge on any atom is -0.356 e. The highest BCUT2D eigenvalue weighted by Gasteiger charge is 2.20. The fourth-order valence-electron chi connectivity index (χ4n) is 2.78. The molecular formula is C17H17Cl2N3S. The van der Waals surface area contributed by atoms with Gasteiger partial charge in [0.15, 0.2) is 0 Å². The molecule has 0 amide bonds. The molecule has 0 fully saturated rings. The number of fused-ring (bicyclic) bond motifs is 1. The highest BCUT2D eigenvalue weighted by atomic mass is 35.5. The number of hydrogen-bond donors (Lipinski definition) is 0. The van der Waals surface area contributed by atoms with Gasteiger partial charge in [-0.2, -0.15) is 4.98 Å². The van der Waals surface area contributed by atoms with Gasteiger partial charge in [-0.25, -0.2) is 4.98 Å². The Morgan fingerprint density at radius 2 is 1.70 bits per heavy atom. The Morgan fingerprint density at radius 1 is 1.04 bits per heavy atom. The minimum atomic E-state index is 0.295. The predicted molar refractivity (Wildman–Crippen MR) is 101 cm³/mol. The van der Waals surface area contributed by atoms with Crippen molar-refractivity contribution in [3.63, 3.8) is 0 Å². The van der Waals surface area contributed by atoms with Gasteiger partial charge in [-0.1, -0.05) is 23.7 Å². The molecule has 2 aromatic heterocycles. The van der Waals surface area contributed by atoms with E-state index in [9.17, 15) is 0 Å². The van der Waals surface area contributed by atoms with E-state index in [0.29, 0.717) is 5.28 Å². The molecule has 23 heavy (non-hydrogen) atoms. The van der Waals surface area contributed by atoms with E-state index in [1.807, 2.05) is 24.3 Å². The average Bonchev–Trinajstić information content (AvgIpc) is 2.85. The van der Waals surface area contributed by atoms with Crippen LogP contribution in [-0.4, -0.2) is 23.1 Å². The summed E-state index contributed by atoms with van der Waals surface area (Å²) in [6.07, 6.45) is 0. The number of halogens is 2. The Balaban J connectivity index is 2.33. The molecule has 0 aliphatic carbocycles. The normalized spacial score (nSPS) is 11.2. The van der Waals surface area contributed by atoms with Crippen LogP contribution in [0.25, 0.3) is 21.3 Å². The molecule has 0 aliphatic rings. The van der Waals surface area contributed by atoms with E-state index in [2.05, 4.69) is 35.6 Å². The molecule has 0 bridgehead atoms. The Hall–Kier alpha value is -1.36. The van der Waals surface area contributed by atoms with E-state index in [1.165, 1.54) is 10.4 Å². The van der Waals surface area contributed by atoms with Gasteiger partial charge in [0.2, 0.25) is 5.28 Å². The van der Waals surface area contributed by atoms with Crippen LogP contribution in [-0.2, 0) is 0 Å². The number of thiophene rings is 1. The number of aryl methyl sites for hydroxylation is 1. The molecule has 0 saturated heterocycles. The summed E-state index contributed by atoms with van der Waals surface area (Å²) in [5.74, 6) is 0.902. The molecule has 1 aromatic carbocycles. The monoisotopic (exact) mass is 365 g/mol. The molecule has 0 radical (unpaired) electrons. The van der Waals surface area contributed by atoms with Gasteiger partial charge >= 0.3 is 0 Å². The van der Waals surface area contributed by atoms with Crippen molar-refractivity contribution in [2.75, 3.05) is 18.0 Å². The molecule has 120 valence electrons. The fourth-order valence-corrected chi connectivity index (χ4v) is 4.16. The van der Waals surface area contributed by atoms with Gasteiger partial charge in [0, 0.05) is 28.6 Å². The van der Waals surface area contributed by atoms with Gasteiger partial charge in [-0.05, 0) is 50.1 Å². The maximum absolute atomic E-state index is 6.15. The number of nitrogens with zero attached hydrogens (tertiary/aromatic N) is 3. The van der Waals surface area contributed by atoms with Gasteiger partial charge in [0.05, 0.1) is 5.39 Å². The molecule has 3 rings (SSSR count). The Bertz CT molecular complexity index is 839. The Labute approximate surface area is 149 Å². The summed E-state index contributed by atoms with van der Waals surface area (Å²) in [6, 6.07) is 7.90. The van der Waals surface area contributed by atoms with Gasteiger partial charge in [-0.15, -0.1) is 11.3 Å². The number of rotatable bonds is 4. The first-order valence-electron chi connectivity index (χ1n) is 7.52. The quantitative estimate of drug-likeness (QED) is 0.545. The van der Waals surface area contributed by atoms with Gasteiger partial charge in [-0.3, -0.25) is 0 Å². The summed E-state index contributed by atoms with van der Waals surface area (Å²) in [7, 11) is 0. The second-order valence-corrected chi connectivity index (χ2v) is 7.19. The zero-order valence-electron chi connectivity index (χ0n) is 13.2. The maximum Gasteiger partial charge on any atom is 0.225 e. The molecule has 0 atom stereocenters. The lowest BCUT2D eigenvalue weighted by atomic mass is 10.0. The molecule has 0 saturated carbocycles. The summed E-state index contributed by atoms with van der Waals surface area (Å²) >= 11 is 13.8. The lowest BCUT2D eigenvalue weighted by Gasteiger charge is -2.21.